The van der Waals surface area contributed by atoms with Crippen molar-refractivity contribution in [1.29, 1.82) is 0 Å². The number of hydrogen-bond donors (Lipinski definition) is 2. The normalized spacial score (nSPS) is 18.6. The Kier molecular flexibility index (Phi) is 6.65. The van der Waals surface area contributed by atoms with Crippen LogP contribution >= 0.6 is 0 Å². The largest absolute Gasteiger partial charge is 0.465 e. The van der Waals surface area contributed by atoms with Crippen LogP contribution in [0, 0.1) is 18.8 Å². The smallest absolute Gasteiger partial charge is 0.337 e. The first-order chi connectivity index (χ1) is 14.0. The van der Waals surface area contributed by atoms with Crippen molar-refractivity contribution in [1.82, 2.24) is 0 Å². The highest BCUT2D eigenvalue weighted by atomic mass is 16.5. The first-order valence-corrected chi connectivity index (χ1v) is 9.83. The van der Waals surface area contributed by atoms with Crippen LogP contribution in [-0.4, -0.2) is 24.9 Å². The highest BCUT2D eigenvalue weighted by Crippen LogP contribution is 2.30. The van der Waals surface area contributed by atoms with Gasteiger partial charge in [0.25, 0.3) is 0 Å². The van der Waals surface area contributed by atoms with Gasteiger partial charge in [0.2, 0.25) is 11.8 Å². The van der Waals surface area contributed by atoms with Crippen LogP contribution in [0.25, 0.3) is 0 Å². The molecule has 0 spiro atoms. The van der Waals surface area contributed by atoms with E-state index in [1.54, 1.807) is 24.3 Å². The monoisotopic (exact) mass is 394 g/mol. The molecule has 2 aromatic carbocycles. The van der Waals surface area contributed by atoms with Crippen molar-refractivity contribution < 1.29 is 19.1 Å². The van der Waals surface area contributed by atoms with E-state index in [0.29, 0.717) is 36.9 Å². The molecule has 0 aliphatic heterocycles. The molecule has 6 heteroatoms. The van der Waals surface area contributed by atoms with E-state index in [-0.39, 0.29) is 23.7 Å². The van der Waals surface area contributed by atoms with Crippen LogP contribution in [0.5, 0.6) is 0 Å². The maximum atomic E-state index is 12.6. The van der Waals surface area contributed by atoms with E-state index in [2.05, 4.69) is 10.6 Å². The van der Waals surface area contributed by atoms with Gasteiger partial charge < -0.3 is 15.4 Å². The number of ether oxygens (including phenoxy) is 1. The van der Waals surface area contributed by atoms with E-state index < -0.39 is 5.97 Å². The summed E-state index contributed by atoms with van der Waals surface area (Å²) < 4.78 is 4.71. The minimum atomic E-state index is -0.443. The summed E-state index contributed by atoms with van der Waals surface area (Å²) in [7, 11) is 1.32. The lowest BCUT2D eigenvalue weighted by atomic mass is 9.81. The number of esters is 1. The van der Waals surface area contributed by atoms with Crippen molar-refractivity contribution in [2.75, 3.05) is 17.7 Å². The fourth-order valence-corrected chi connectivity index (χ4v) is 3.59. The van der Waals surface area contributed by atoms with E-state index in [1.807, 2.05) is 31.2 Å². The zero-order valence-corrected chi connectivity index (χ0v) is 16.7. The zero-order valence-electron chi connectivity index (χ0n) is 16.7. The van der Waals surface area contributed by atoms with Crippen molar-refractivity contribution in [2.45, 2.75) is 32.6 Å². The van der Waals surface area contributed by atoms with Gasteiger partial charge in [-0.15, -0.1) is 0 Å². The Morgan fingerprint density at radius 1 is 0.828 bits per heavy atom. The number of amides is 2. The molecule has 0 heterocycles. The number of anilines is 2. The highest BCUT2D eigenvalue weighted by Gasteiger charge is 2.30. The van der Waals surface area contributed by atoms with Gasteiger partial charge in [-0.1, -0.05) is 23.8 Å². The van der Waals surface area contributed by atoms with E-state index in [9.17, 15) is 14.4 Å². The van der Waals surface area contributed by atoms with Gasteiger partial charge in [0.05, 0.1) is 12.7 Å². The molecular formula is C23H26N2O4. The molecule has 6 nitrogen and oxygen atoms in total. The Morgan fingerprint density at radius 3 is 1.93 bits per heavy atom. The van der Waals surface area contributed by atoms with E-state index in [4.69, 9.17) is 4.74 Å². The Morgan fingerprint density at radius 2 is 1.38 bits per heavy atom. The summed E-state index contributed by atoms with van der Waals surface area (Å²) in [5.41, 5.74) is 2.90. The number of carbonyl (C=O) groups is 3. The van der Waals surface area contributed by atoms with Gasteiger partial charge in [0.1, 0.15) is 0 Å². The number of carbonyl (C=O) groups excluding carboxylic acids is 3. The first kappa shape index (κ1) is 20.6. The summed E-state index contributed by atoms with van der Waals surface area (Å²) in [6.07, 6.45) is 2.68. The van der Waals surface area contributed by atoms with Crippen molar-refractivity contribution in [3.05, 3.63) is 59.7 Å². The lowest BCUT2D eigenvalue weighted by molar-refractivity contribution is -0.125. The summed E-state index contributed by atoms with van der Waals surface area (Å²) in [6, 6.07) is 14.4. The van der Waals surface area contributed by atoms with Crippen molar-refractivity contribution in [3.8, 4) is 0 Å². The maximum absolute atomic E-state index is 12.6. The van der Waals surface area contributed by atoms with Crippen LogP contribution in [0.15, 0.2) is 48.5 Å². The fourth-order valence-electron chi connectivity index (χ4n) is 3.59. The van der Waals surface area contributed by atoms with Gasteiger partial charge in [-0.2, -0.15) is 0 Å². The zero-order chi connectivity index (χ0) is 20.8. The molecule has 0 saturated heterocycles. The lowest BCUT2D eigenvalue weighted by Gasteiger charge is -2.27. The molecule has 1 aliphatic rings. The van der Waals surface area contributed by atoms with E-state index in [0.717, 1.165) is 11.3 Å². The molecule has 1 saturated carbocycles. The Labute approximate surface area is 170 Å². The third-order valence-electron chi connectivity index (χ3n) is 5.34. The Balaban J connectivity index is 1.51. The summed E-state index contributed by atoms with van der Waals surface area (Å²) in [5.74, 6) is -0.729. The van der Waals surface area contributed by atoms with Gasteiger partial charge >= 0.3 is 5.97 Å². The van der Waals surface area contributed by atoms with Gasteiger partial charge in [-0.05, 0) is 62.9 Å². The molecule has 0 aromatic heterocycles. The summed E-state index contributed by atoms with van der Waals surface area (Å²) in [5, 5.41) is 5.83. The predicted molar refractivity (Wildman–Crippen MR) is 112 cm³/mol. The number of benzene rings is 2. The molecule has 2 N–H and O–H groups in total. The number of nitrogens with one attached hydrogen (secondary N) is 2. The van der Waals surface area contributed by atoms with Gasteiger partial charge in [0.15, 0.2) is 0 Å². The first-order valence-electron chi connectivity index (χ1n) is 9.83. The third kappa shape index (κ3) is 5.44. The van der Waals surface area contributed by atoms with Crippen LogP contribution in [0.3, 0.4) is 0 Å². The van der Waals surface area contributed by atoms with E-state index in [1.165, 1.54) is 7.11 Å². The number of aryl methyl sites for hydroxylation is 1. The van der Waals surface area contributed by atoms with Crippen LogP contribution in [0.1, 0.15) is 41.6 Å². The molecule has 0 radical (unpaired) electrons. The standard InChI is InChI=1S/C23H26N2O4/c1-15-6-12-19(13-7-15)24-21(26)16-8-10-17(11-9-16)22(27)25-20-5-3-4-18(14-20)23(28)29-2/h3-7,12-14,16-17H,8-11H2,1-2H3,(H,24,26)(H,25,27). The molecule has 1 aliphatic carbocycles. The molecule has 2 aromatic rings. The minimum absolute atomic E-state index is 0.0125. The van der Waals surface area contributed by atoms with E-state index >= 15 is 0 Å². The second kappa shape index (κ2) is 9.37. The molecule has 152 valence electrons. The maximum Gasteiger partial charge on any atom is 0.337 e. The van der Waals surface area contributed by atoms with Gasteiger partial charge in [0, 0.05) is 23.2 Å². The number of hydrogen-bond acceptors (Lipinski definition) is 4. The average molecular weight is 394 g/mol. The molecular weight excluding hydrogens is 368 g/mol. The van der Waals surface area contributed by atoms with Crippen LogP contribution in [-0.2, 0) is 14.3 Å². The fraction of sp³-hybridized carbons (Fsp3) is 0.348. The molecule has 2 amide bonds. The molecule has 0 unspecified atom stereocenters. The summed E-state index contributed by atoms with van der Waals surface area (Å²) >= 11 is 0. The highest BCUT2D eigenvalue weighted by molar-refractivity contribution is 5.96. The third-order valence-corrected chi connectivity index (χ3v) is 5.34. The molecule has 3 rings (SSSR count). The average Bonchev–Trinajstić information content (AvgIpc) is 2.75. The SMILES string of the molecule is COC(=O)c1cccc(NC(=O)C2CCC(C(=O)Nc3ccc(C)cc3)CC2)c1. The van der Waals surface area contributed by atoms with Crippen LogP contribution < -0.4 is 10.6 Å². The Hall–Kier alpha value is -3.15. The topological polar surface area (TPSA) is 84.5 Å². The number of rotatable bonds is 5. The molecule has 29 heavy (non-hydrogen) atoms. The number of methoxy groups -OCH3 is 1. The van der Waals surface area contributed by atoms with Crippen molar-refractivity contribution in [3.63, 3.8) is 0 Å². The summed E-state index contributed by atoms with van der Waals surface area (Å²) in [6.45, 7) is 2.00. The lowest BCUT2D eigenvalue weighted by Crippen LogP contribution is -2.32. The second-order valence-electron chi connectivity index (χ2n) is 7.47. The second-order valence-corrected chi connectivity index (χ2v) is 7.47. The van der Waals surface area contributed by atoms with Gasteiger partial charge in [-0.25, -0.2) is 4.79 Å². The van der Waals surface area contributed by atoms with Crippen molar-refractivity contribution >= 4 is 29.2 Å². The van der Waals surface area contributed by atoms with Crippen LogP contribution in [0.2, 0.25) is 0 Å². The molecule has 1 fully saturated rings. The van der Waals surface area contributed by atoms with Crippen molar-refractivity contribution in [2.24, 2.45) is 11.8 Å². The molecule has 0 atom stereocenters. The molecule has 0 bridgehead atoms. The predicted octanol–water partition coefficient (Wildman–Crippen LogP) is 4.17. The quantitative estimate of drug-likeness (QED) is 0.746. The Bertz CT molecular complexity index is 884. The van der Waals surface area contributed by atoms with Gasteiger partial charge in [-0.3, -0.25) is 9.59 Å². The van der Waals surface area contributed by atoms with Crippen LogP contribution in [0.4, 0.5) is 11.4 Å². The summed E-state index contributed by atoms with van der Waals surface area (Å²) in [4.78, 5) is 36.7. The minimum Gasteiger partial charge on any atom is -0.465 e.